The maximum absolute atomic E-state index is 13.7. The van der Waals surface area contributed by atoms with E-state index in [1.807, 2.05) is 12.1 Å². The Balaban J connectivity index is 1.94. The van der Waals surface area contributed by atoms with Crippen molar-refractivity contribution in [2.24, 2.45) is 0 Å². The lowest BCUT2D eigenvalue weighted by Gasteiger charge is -2.08. The number of fused-ring (bicyclic) bond motifs is 5. The molecule has 0 saturated carbocycles. The number of rotatable bonds is 3. The van der Waals surface area contributed by atoms with Gasteiger partial charge < -0.3 is 10.3 Å². The summed E-state index contributed by atoms with van der Waals surface area (Å²) in [5.74, 6) is 2.36. The van der Waals surface area contributed by atoms with Gasteiger partial charge in [-0.3, -0.25) is 0 Å². The van der Waals surface area contributed by atoms with Gasteiger partial charge in [-0.1, -0.05) is 0 Å². The van der Waals surface area contributed by atoms with Crippen molar-refractivity contribution < 1.29 is 4.39 Å². The smallest absolute Gasteiger partial charge is 0.139 e. The first-order valence-electron chi connectivity index (χ1n) is 7.36. The van der Waals surface area contributed by atoms with E-state index in [9.17, 15) is 4.39 Å². The van der Waals surface area contributed by atoms with Gasteiger partial charge in [-0.2, -0.15) is 11.8 Å². The predicted octanol–water partition coefficient (Wildman–Crippen LogP) is 4.24. The van der Waals surface area contributed by atoms with Crippen molar-refractivity contribution in [2.75, 3.05) is 17.3 Å². The van der Waals surface area contributed by atoms with E-state index in [2.05, 4.69) is 21.5 Å². The lowest BCUT2D eigenvalue weighted by atomic mass is 10.1. The van der Waals surface area contributed by atoms with Crippen LogP contribution >= 0.6 is 11.8 Å². The molecule has 4 nitrogen and oxygen atoms in total. The second kappa shape index (κ2) is 5.70. The first kappa shape index (κ1) is 14.3. The number of H-pyrrole nitrogens is 1. The highest BCUT2D eigenvalue weighted by atomic mass is 32.2. The summed E-state index contributed by atoms with van der Waals surface area (Å²) in [5.41, 5.74) is 4.30. The molecule has 3 aromatic rings. The lowest BCUT2D eigenvalue weighted by molar-refractivity contribution is 0.628. The van der Waals surface area contributed by atoms with Gasteiger partial charge in [0.05, 0.1) is 11.4 Å². The fourth-order valence-electron chi connectivity index (χ4n) is 2.79. The number of hydrogen-bond donors (Lipinski definition) is 2. The van der Waals surface area contributed by atoms with Gasteiger partial charge in [0.2, 0.25) is 0 Å². The normalized spacial score (nSPS) is 11.9. The maximum Gasteiger partial charge on any atom is 0.139 e. The number of imidazole rings is 1. The van der Waals surface area contributed by atoms with E-state index >= 15 is 0 Å². The molecule has 0 unspecified atom stereocenters. The molecule has 4 rings (SSSR count). The standard InChI is InChI=1S/C17H15FN4S/c1-23-8-6-14-21-15-11-5-4-10(18)9-13(11)20-17-12(16(15)22-14)3-2-7-19-17/h2-5,7,9H,6,8H2,1H3,(H,19,20)(H,21,22). The van der Waals surface area contributed by atoms with Crippen LogP contribution in [0.25, 0.3) is 22.5 Å². The van der Waals surface area contributed by atoms with Gasteiger partial charge in [0.1, 0.15) is 23.2 Å². The van der Waals surface area contributed by atoms with Gasteiger partial charge in [0.15, 0.2) is 0 Å². The molecule has 23 heavy (non-hydrogen) atoms. The predicted molar refractivity (Wildman–Crippen MR) is 92.6 cm³/mol. The number of thioether (sulfide) groups is 1. The first-order chi connectivity index (χ1) is 11.3. The molecule has 0 amide bonds. The Morgan fingerprint density at radius 2 is 2.13 bits per heavy atom. The molecule has 0 radical (unpaired) electrons. The SMILES string of the molecule is CSCCc1nc2c([nH]1)-c1ccc(F)cc1Nc1ncccc1-2. The number of aromatic nitrogens is 3. The highest BCUT2D eigenvalue weighted by molar-refractivity contribution is 7.98. The Morgan fingerprint density at radius 3 is 3.00 bits per heavy atom. The highest BCUT2D eigenvalue weighted by Crippen LogP contribution is 2.42. The van der Waals surface area contributed by atoms with Crippen LogP contribution in [0.2, 0.25) is 0 Å². The molecule has 116 valence electrons. The van der Waals surface area contributed by atoms with Crippen molar-refractivity contribution in [3.63, 3.8) is 0 Å². The van der Waals surface area contributed by atoms with Gasteiger partial charge >= 0.3 is 0 Å². The van der Waals surface area contributed by atoms with Crippen molar-refractivity contribution in [3.05, 3.63) is 48.2 Å². The molecule has 0 saturated heterocycles. The molecule has 0 bridgehead atoms. The number of aryl methyl sites for hydroxylation is 1. The van der Waals surface area contributed by atoms with Crippen molar-refractivity contribution in [3.8, 4) is 22.5 Å². The molecule has 1 aromatic carbocycles. The lowest BCUT2D eigenvalue weighted by Crippen LogP contribution is -1.97. The summed E-state index contributed by atoms with van der Waals surface area (Å²) < 4.78 is 13.7. The van der Waals surface area contributed by atoms with Crippen LogP contribution in [0, 0.1) is 5.82 Å². The van der Waals surface area contributed by atoms with Crippen LogP contribution in [0.4, 0.5) is 15.9 Å². The van der Waals surface area contributed by atoms with E-state index in [0.717, 1.165) is 40.5 Å². The zero-order valence-electron chi connectivity index (χ0n) is 12.6. The Hall–Kier alpha value is -2.34. The molecule has 2 N–H and O–H groups in total. The van der Waals surface area contributed by atoms with Gasteiger partial charge in [-0.05, 0) is 36.6 Å². The number of nitrogens with zero attached hydrogens (tertiary/aromatic N) is 2. The van der Waals surface area contributed by atoms with Gasteiger partial charge in [-0.25, -0.2) is 14.4 Å². The molecule has 1 aliphatic rings. The largest absolute Gasteiger partial charge is 0.341 e. The van der Waals surface area contributed by atoms with Crippen LogP contribution in [-0.4, -0.2) is 27.0 Å². The number of nitrogens with one attached hydrogen (secondary N) is 2. The molecule has 6 heteroatoms. The van der Waals surface area contributed by atoms with Crippen LogP contribution in [0.3, 0.4) is 0 Å². The third kappa shape index (κ3) is 2.49. The van der Waals surface area contributed by atoms with Gasteiger partial charge in [0.25, 0.3) is 0 Å². The average Bonchev–Trinajstić information content (AvgIpc) is 2.92. The van der Waals surface area contributed by atoms with Crippen LogP contribution < -0.4 is 5.32 Å². The number of halogens is 1. The second-order valence-corrected chi connectivity index (χ2v) is 6.35. The summed E-state index contributed by atoms with van der Waals surface area (Å²) in [7, 11) is 0. The van der Waals surface area contributed by atoms with E-state index in [1.54, 1.807) is 24.0 Å². The molecule has 2 aromatic heterocycles. The van der Waals surface area contributed by atoms with Crippen LogP contribution in [0.15, 0.2) is 36.5 Å². The van der Waals surface area contributed by atoms with E-state index in [4.69, 9.17) is 4.98 Å². The quantitative estimate of drug-likeness (QED) is 0.591. The van der Waals surface area contributed by atoms with E-state index < -0.39 is 0 Å². The second-order valence-electron chi connectivity index (χ2n) is 5.36. The summed E-state index contributed by atoms with van der Waals surface area (Å²) in [6, 6.07) is 8.60. The number of aromatic amines is 1. The molecular weight excluding hydrogens is 311 g/mol. The number of hydrogen-bond acceptors (Lipinski definition) is 4. The third-order valence-electron chi connectivity index (χ3n) is 3.86. The minimum absolute atomic E-state index is 0.278. The summed E-state index contributed by atoms with van der Waals surface area (Å²) >= 11 is 1.79. The molecule has 0 fully saturated rings. The molecule has 0 atom stereocenters. The highest BCUT2D eigenvalue weighted by Gasteiger charge is 2.23. The van der Waals surface area contributed by atoms with Gasteiger partial charge in [0, 0.05) is 29.5 Å². The van der Waals surface area contributed by atoms with Crippen LogP contribution in [-0.2, 0) is 6.42 Å². The topological polar surface area (TPSA) is 53.6 Å². The molecular formula is C17H15FN4S. The van der Waals surface area contributed by atoms with Crippen molar-refractivity contribution in [2.45, 2.75) is 6.42 Å². The van der Waals surface area contributed by atoms with Crippen molar-refractivity contribution >= 4 is 23.3 Å². The molecule has 0 aliphatic carbocycles. The van der Waals surface area contributed by atoms with E-state index in [1.165, 1.54) is 12.1 Å². The molecule has 1 aliphatic heterocycles. The summed E-state index contributed by atoms with van der Waals surface area (Å²) in [4.78, 5) is 12.6. The number of benzene rings is 1. The summed E-state index contributed by atoms with van der Waals surface area (Å²) in [6.07, 6.45) is 4.67. The number of anilines is 2. The summed E-state index contributed by atoms with van der Waals surface area (Å²) in [5, 5.41) is 3.22. The average molecular weight is 326 g/mol. The minimum atomic E-state index is -0.278. The fourth-order valence-corrected chi connectivity index (χ4v) is 3.19. The molecule has 3 heterocycles. The van der Waals surface area contributed by atoms with Crippen LogP contribution in [0.5, 0.6) is 0 Å². The Morgan fingerprint density at radius 1 is 1.22 bits per heavy atom. The zero-order valence-corrected chi connectivity index (χ0v) is 13.4. The number of pyridine rings is 1. The maximum atomic E-state index is 13.7. The Kier molecular flexibility index (Phi) is 3.53. The monoisotopic (exact) mass is 326 g/mol. The first-order valence-corrected chi connectivity index (χ1v) is 8.76. The summed E-state index contributed by atoms with van der Waals surface area (Å²) in [6.45, 7) is 0. The van der Waals surface area contributed by atoms with Crippen LogP contribution in [0.1, 0.15) is 5.82 Å². The fraction of sp³-hybridized carbons (Fsp3) is 0.176. The minimum Gasteiger partial charge on any atom is -0.341 e. The van der Waals surface area contributed by atoms with E-state index in [-0.39, 0.29) is 5.82 Å². The van der Waals surface area contributed by atoms with Crippen molar-refractivity contribution in [1.29, 1.82) is 0 Å². The van der Waals surface area contributed by atoms with Gasteiger partial charge in [-0.15, -0.1) is 0 Å². The van der Waals surface area contributed by atoms with E-state index in [0.29, 0.717) is 11.5 Å². The van der Waals surface area contributed by atoms with Crippen molar-refractivity contribution in [1.82, 2.24) is 15.0 Å². The molecule has 0 spiro atoms. The zero-order chi connectivity index (χ0) is 15.8. The third-order valence-corrected chi connectivity index (χ3v) is 4.48. The Labute approximate surface area is 137 Å². The Bertz CT molecular complexity index is 875.